The number of likely N-dealkylation sites (tertiary alicyclic amines) is 1. The second-order valence-corrected chi connectivity index (χ2v) is 5.76. The summed E-state index contributed by atoms with van der Waals surface area (Å²) in [7, 11) is 1.94. The number of amides is 1. The third-order valence-electron chi connectivity index (χ3n) is 3.47. The summed E-state index contributed by atoms with van der Waals surface area (Å²) in [6.07, 6.45) is 2.23. The molecule has 0 radical (unpaired) electrons. The van der Waals surface area contributed by atoms with Crippen LogP contribution in [-0.2, 0) is 0 Å². The SMILES string of the molecule is CNCC1CCCN(C(=O)c2ccc(Cl)c(Cl)c2)C1.Cl. The first-order valence-electron chi connectivity index (χ1n) is 6.50. The zero-order chi connectivity index (χ0) is 13.8. The number of nitrogens with zero attached hydrogens (tertiary/aromatic N) is 1. The molecule has 3 nitrogen and oxygen atoms in total. The van der Waals surface area contributed by atoms with E-state index in [2.05, 4.69) is 5.32 Å². The lowest BCUT2D eigenvalue weighted by Crippen LogP contribution is -2.42. The number of carbonyl (C=O) groups excluding carboxylic acids is 1. The summed E-state index contributed by atoms with van der Waals surface area (Å²) in [5.41, 5.74) is 0.611. The first-order chi connectivity index (χ1) is 9.11. The molecule has 1 N–H and O–H groups in total. The molecule has 1 aliphatic rings. The van der Waals surface area contributed by atoms with Crippen LogP contribution in [0.25, 0.3) is 0 Å². The van der Waals surface area contributed by atoms with Crippen molar-refractivity contribution in [1.29, 1.82) is 0 Å². The molecule has 0 spiro atoms. The van der Waals surface area contributed by atoms with Gasteiger partial charge in [-0.25, -0.2) is 0 Å². The molecule has 1 atom stereocenters. The molecule has 1 amide bonds. The molecule has 1 aliphatic heterocycles. The third kappa shape index (κ3) is 4.26. The fourth-order valence-electron chi connectivity index (χ4n) is 2.52. The number of halogens is 3. The lowest BCUT2D eigenvalue weighted by Gasteiger charge is -2.32. The first-order valence-corrected chi connectivity index (χ1v) is 7.26. The maximum Gasteiger partial charge on any atom is 0.253 e. The molecule has 1 aromatic rings. The van der Waals surface area contributed by atoms with Gasteiger partial charge in [0.15, 0.2) is 0 Å². The minimum Gasteiger partial charge on any atom is -0.338 e. The molecule has 1 fully saturated rings. The Labute approximate surface area is 136 Å². The summed E-state index contributed by atoms with van der Waals surface area (Å²) in [5.74, 6) is 0.574. The average molecular weight is 338 g/mol. The van der Waals surface area contributed by atoms with Crippen LogP contribution in [0.15, 0.2) is 18.2 Å². The number of benzene rings is 1. The van der Waals surface area contributed by atoms with Crippen LogP contribution in [0.5, 0.6) is 0 Å². The Morgan fingerprint density at radius 2 is 2.15 bits per heavy atom. The number of rotatable bonds is 3. The highest BCUT2D eigenvalue weighted by Gasteiger charge is 2.24. The molecular formula is C14H19Cl3N2O. The van der Waals surface area contributed by atoms with E-state index in [0.29, 0.717) is 21.5 Å². The molecule has 0 bridgehead atoms. The molecule has 6 heteroatoms. The number of piperidine rings is 1. The van der Waals surface area contributed by atoms with Crippen molar-refractivity contribution in [3.8, 4) is 0 Å². The van der Waals surface area contributed by atoms with Crippen LogP contribution in [0.2, 0.25) is 10.0 Å². The van der Waals surface area contributed by atoms with Gasteiger partial charge in [0.05, 0.1) is 10.0 Å². The molecule has 1 aromatic carbocycles. The van der Waals surface area contributed by atoms with E-state index in [0.717, 1.165) is 26.1 Å². The van der Waals surface area contributed by atoms with Crippen LogP contribution in [0.3, 0.4) is 0 Å². The predicted molar refractivity (Wildman–Crippen MR) is 86.3 cm³/mol. The van der Waals surface area contributed by atoms with Crippen molar-refractivity contribution in [2.45, 2.75) is 12.8 Å². The summed E-state index contributed by atoms with van der Waals surface area (Å²) in [4.78, 5) is 14.3. The van der Waals surface area contributed by atoms with Gasteiger partial charge in [-0.1, -0.05) is 23.2 Å². The summed E-state index contributed by atoms with van der Waals surface area (Å²) in [6, 6.07) is 5.05. The molecule has 2 rings (SSSR count). The number of nitrogens with one attached hydrogen (secondary N) is 1. The molecule has 1 heterocycles. The summed E-state index contributed by atoms with van der Waals surface area (Å²) in [6.45, 7) is 2.57. The molecule has 20 heavy (non-hydrogen) atoms. The smallest absolute Gasteiger partial charge is 0.253 e. The number of carbonyl (C=O) groups is 1. The molecule has 112 valence electrons. The second-order valence-electron chi connectivity index (χ2n) is 4.95. The van der Waals surface area contributed by atoms with Gasteiger partial charge in [0.2, 0.25) is 0 Å². The average Bonchev–Trinajstić information content (AvgIpc) is 2.42. The van der Waals surface area contributed by atoms with Gasteiger partial charge >= 0.3 is 0 Å². The van der Waals surface area contributed by atoms with E-state index in [4.69, 9.17) is 23.2 Å². The van der Waals surface area contributed by atoms with Crippen LogP contribution in [0.1, 0.15) is 23.2 Å². The highest BCUT2D eigenvalue weighted by molar-refractivity contribution is 6.42. The third-order valence-corrected chi connectivity index (χ3v) is 4.20. The highest BCUT2D eigenvalue weighted by Crippen LogP contribution is 2.24. The Balaban J connectivity index is 0.00000200. The van der Waals surface area contributed by atoms with Gasteiger partial charge in [-0.2, -0.15) is 0 Å². The largest absolute Gasteiger partial charge is 0.338 e. The lowest BCUT2D eigenvalue weighted by atomic mass is 9.97. The molecule has 0 aliphatic carbocycles. The van der Waals surface area contributed by atoms with E-state index >= 15 is 0 Å². The molecule has 1 saturated heterocycles. The van der Waals surface area contributed by atoms with Crippen LogP contribution >= 0.6 is 35.6 Å². The van der Waals surface area contributed by atoms with Crippen LogP contribution < -0.4 is 5.32 Å². The minimum absolute atomic E-state index is 0. The van der Waals surface area contributed by atoms with E-state index in [9.17, 15) is 4.79 Å². The van der Waals surface area contributed by atoms with E-state index in [1.165, 1.54) is 6.42 Å². The van der Waals surface area contributed by atoms with Crippen molar-refractivity contribution >= 4 is 41.5 Å². The normalized spacial score (nSPS) is 18.6. The monoisotopic (exact) mass is 336 g/mol. The Morgan fingerprint density at radius 3 is 2.80 bits per heavy atom. The fourth-order valence-corrected chi connectivity index (χ4v) is 2.81. The Morgan fingerprint density at radius 1 is 1.40 bits per heavy atom. The van der Waals surface area contributed by atoms with Crippen LogP contribution in [0, 0.1) is 5.92 Å². The van der Waals surface area contributed by atoms with Gasteiger partial charge in [0.1, 0.15) is 0 Å². The van der Waals surface area contributed by atoms with Gasteiger partial charge in [-0.3, -0.25) is 4.79 Å². The van der Waals surface area contributed by atoms with Crippen molar-refractivity contribution in [3.05, 3.63) is 33.8 Å². The van der Waals surface area contributed by atoms with Gasteiger partial charge in [-0.15, -0.1) is 12.4 Å². The van der Waals surface area contributed by atoms with Crippen LogP contribution in [0.4, 0.5) is 0 Å². The van der Waals surface area contributed by atoms with Gasteiger partial charge in [0.25, 0.3) is 5.91 Å². The van der Waals surface area contributed by atoms with Gasteiger partial charge < -0.3 is 10.2 Å². The summed E-state index contributed by atoms with van der Waals surface area (Å²) < 4.78 is 0. The van der Waals surface area contributed by atoms with Crippen molar-refractivity contribution in [3.63, 3.8) is 0 Å². The molecular weight excluding hydrogens is 319 g/mol. The van der Waals surface area contributed by atoms with E-state index in [-0.39, 0.29) is 18.3 Å². The minimum atomic E-state index is 0. The first kappa shape index (κ1) is 17.6. The van der Waals surface area contributed by atoms with Gasteiger partial charge in [-0.05, 0) is 50.6 Å². The Hall–Kier alpha value is -0.480. The van der Waals surface area contributed by atoms with Crippen molar-refractivity contribution < 1.29 is 4.79 Å². The Kier molecular flexibility index (Phi) is 7.10. The van der Waals surface area contributed by atoms with E-state index < -0.39 is 0 Å². The lowest BCUT2D eigenvalue weighted by molar-refractivity contribution is 0.0674. The van der Waals surface area contributed by atoms with Crippen LogP contribution in [-0.4, -0.2) is 37.5 Å². The summed E-state index contributed by atoms with van der Waals surface area (Å²) in [5, 5.41) is 4.08. The number of hydrogen-bond acceptors (Lipinski definition) is 2. The highest BCUT2D eigenvalue weighted by atomic mass is 35.5. The quantitative estimate of drug-likeness (QED) is 0.915. The van der Waals surface area contributed by atoms with E-state index in [1.807, 2.05) is 11.9 Å². The second kappa shape index (κ2) is 8.08. The topological polar surface area (TPSA) is 32.3 Å². The van der Waals surface area contributed by atoms with E-state index in [1.54, 1.807) is 18.2 Å². The molecule has 0 aromatic heterocycles. The Bertz CT molecular complexity index is 466. The maximum atomic E-state index is 12.4. The predicted octanol–water partition coefficient (Wildman–Crippen LogP) is 3.49. The summed E-state index contributed by atoms with van der Waals surface area (Å²) >= 11 is 11.8. The fraction of sp³-hybridized carbons (Fsp3) is 0.500. The van der Waals surface area contributed by atoms with Crippen molar-refractivity contribution in [1.82, 2.24) is 10.2 Å². The number of hydrogen-bond donors (Lipinski definition) is 1. The zero-order valence-corrected chi connectivity index (χ0v) is 13.7. The van der Waals surface area contributed by atoms with Crippen molar-refractivity contribution in [2.75, 3.05) is 26.7 Å². The molecule has 1 unspecified atom stereocenters. The standard InChI is InChI=1S/C14H18Cl2N2O.ClH/c1-17-8-10-3-2-6-18(9-10)14(19)11-4-5-12(15)13(16)7-11;/h4-5,7,10,17H,2-3,6,8-9H2,1H3;1H. The van der Waals surface area contributed by atoms with Gasteiger partial charge in [0, 0.05) is 18.7 Å². The molecule has 0 saturated carbocycles. The zero-order valence-electron chi connectivity index (χ0n) is 11.4. The van der Waals surface area contributed by atoms with Crippen molar-refractivity contribution in [2.24, 2.45) is 5.92 Å². The maximum absolute atomic E-state index is 12.4.